The fourth-order valence-corrected chi connectivity index (χ4v) is 5.32. The van der Waals surface area contributed by atoms with Crippen LogP contribution in [0, 0.1) is 0 Å². The van der Waals surface area contributed by atoms with Crippen molar-refractivity contribution in [3.8, 4) is 0 Å². The Labute approximate surface area is 234 Å². The number of thioether (sulfide) groups is 1. The average molecular weight is 558 g/mol. The first-order valence-corrected chi connectivity index (χ1v) is 14.5. The van der Waals surface area contributed by atoms with Crippen molar-refractivity contribution in [3.05, 3.63) is 106 Å². The number of nitrogens with one attached hydrogen (secondary N) is 1. The highest BCUT2D eigenvalue weighted by Crippen LogP contribution is 2.28. The Balaban J connectivity index is 1.85. The molecule has 1 N–H and O–H groups in total. The Kier molecular flexibility index (Phi) is 11.8. The predicted octanol–water partition coefficient (Wildman–Crippen LogP) is 7.17. The second-order valence-corrected chi connectivity index (χ2v) is 11.0. The summed E-state index contributed by atoms with van der Waals surface area (Å²) in [5, 5.41) is 4.04. The predicted molar refractivity (Wildman–Crippen MR) is 156 cm³/mol. The van der Waals surface area contributed by atoms with Crippen molar-refractivity contribution in [2.75, 3.05) is 5.75 Å². The van der Waals surface area contributed by atoms with Gasteiger partial charge in [0.1, 0.15) is 6.04 Å². The molecule has 0 aliphatic rings. The van der Waals surface area contributed by atoms with Gasteiger partial charge in [-0.15, -0.1) is 0 Å². The van der Waals surface area contributed by atoms with E-state index in [4.69, 9.17) is 23.2 Å². The molecule has 0 aliphatic heterocycles. The van der Waals surface area contributed by atoms with E-state index < -0.39 is 6.04 Å². The van der Waals surface area contributed by atoms with Crippen LogP contribution in [0.5, 0.6) is 0 Å². The first-order valence-electron chi connectivity index (χ1n) is 12.6. The van der Waals surface area contributed by atoms with Gasteiger partial charge in [0.2, 0.25) is 11.8 Å². The summed E-state index contributed by atoms with van der Waals surface area (Å²) in [5.74, 6) is 1.20. The van der Waals surface area contributed by atoms with Crippen LogP contribution in [0.2, 0.25) is 10.0 Å². The highest BCUT2D eigenvalue weighted by atomic mass is 35.5. The summed E-state index contributed by atoms with van der Waals surface area (Å²) >= 11 is 14.7. The molecular weight excluding hydrogens is 523 g/mol. The molecule has 7 heteroatoms. The Morgan fingerprint density at radius 3 is 2.08 bits per heavy atom. The molecule has 0 unspecified atom stereocenters. The molecule has 0 bridgehead atoms. The molecular formula is C30H34Cl2N2O2S. The summed E-state index contributed by atoms with van der Waals surface area (Å²) in [6, 6.07) is 24.5. The lowest BCUT2D eigenvalue weighted by atomic mass is 10.0. The van der Waals surface area contributed by atoms with Crippen molar-refractivity contribution in [3.63, 3.8) is 0 Å². The molecule has 0 fully saturated rings. The number of benzene rings is 3. The van der Waals surface area contributed by atoms with Gasteiger partial charge in [-0.3, -0.25) is 9.59 Å². The van der Waals surface area contributed by atoms with Gasteiger partial charge in [-0.25, -0.2) is 0 Å². The van der Waals surface area contributed by atoms with Crippen molar-refractivity contribution in [1.29, 1.82) is 0 Å². The van der Waals surface area contributed by atoms with Gasteiger partial charge >= 0.3 is 0 Å². The minimum absolute atomic E-state index is 0.00643. The number of carbonyl (C=O) groups excluding carboxylic acids is 2. The van der Waals surface area contributed by atoms with E-state index in [9.17, 15) is 9.59 Å². The largest absolute Gasteiger partial charge is 0.352 e. The number of hydrogen-bond acceptors (Lipinski definition) is 3. The van der Waals surface area contributed by atoms with Crippen LogP contribution in [0.25, 0.3) is 0 Å². The van der Waals surface area contributed by atoms with E-state index in [1.165, 1.54) is 5.56 Å². The fourth-order valence-electron chi connectivity index (χ4n) is 3.92. The molecule has 0 heterocycles. The maximum atomic E-state index is 13.7. The Bertz CT molecular complexity index is 1120. The molecule has 0 radical (unpaired) electrons. The summed E-state index contributed by atoms with van der Waals surface area (Å²) in [7, 11) is 0. The zero-order chi connectivity index (χ0) is 26.6. The minimum Gasteiger partial charge on any atom is -0.352 e. The van der Waals surface area contributed by atoms with Gasteiger partial charge in [-0.2, -0.15) is 11.8 Å². The van der Waals surface area contributed by atoms with Crippen molar-refractivity contribution in [1.82, 2.24) is 10.2 Å². The van der Waals surface area contributed by atoms with E-state index in [1.54, 1.807) is 34.9 Å². The third-order valence-electron chi connectivity index (χ3n) is 6.23. The van der Waals surface area contributed by atoms with Crippen molar-refractivity contribution in [2.45, 2.75) is 57.5 Å². The number of nitrogens with zero attached hydrogens (tertiary/aromatic N) is 1. The van der Waals surface area contributed by atoms with E-state index in [-0.39, 0.29) is 24.4 Å². The molecule has 0 aliphatic carbocycles. The Hall–Kier alpha value is -2.47. The summed E-state index contributed by atoms with van der Waals surface area (Å²) in [4.78, 5) is 28.9. The van der Waals surface area contributed by atoms with E-state index in [0.29, 0.717) is 34.2 Å². The third-order valence-corrected chi connectivity index (χ3v) is 7.97. The summed E-state index contributed by atoms with van der Waals surface area (Å²) in [6.07, 6.45) is 1.50. The smallest absolute Gasteiger partial charge is 0.243 e. The van der Waals surface area contributed by atoms with Crippen LogP contribution in [-0.4, -0.2) is 34.6 Å². The van der Waals surface area contributed by atoms with Crippen molar-refractivity contribution < 1.29 is 9.59 Å². The maximum absolute atomic E-state index is 13.7. The zero-order valence-corrected chi connectivity index (χ0v) is 23.7. The molecule has 4 nitrogen and oxygen atoms in total. The normalized spacial score (nSPS) is 12.5. The number of carbonyl (C=O) groups is 2. The van der Waals surface area contributed by atoms with Crippen molar-refractivity contribution >= 4 is 46.8 Å². The maximum Gasteiger partial charge on any atom is 0.243 e. The van der Waals surface area contributed by atoms with Gasteiger partial charge in [-0.05, 0) is 36.6 Å². The first-order chi connectivity index (χ1) is 17.9. The SMILES string of the molecule is CC[C@@H](C)NC(=O)[C@@H](Cc1ccccc1)N(Cc1c(Cl)cccc1Cl)C(=O)CCSCc1ccccc1. The quantitative estimate of drug-likeness (QED) is 0.227. The Morgan fingerprint density at radius 1 is 0.892 bits per heavy atom. The van der Waals surface area contributed by atoms with E-state index in [2.05, 4.69) is 17.4 Å². The molecule has 0 saturated carbocycles. The van der Waals surface area contributed by atoms with Crippen LogP contribution in [-0.2, 0) is 28.3 Å². The Morgan fingerprint density at radius 2 is 1.49 bits per heavy atom. The van der Waals surface area contributed by atoms with E-state index in [1.807, 2.05) is 62.4 Å². The summed E-state index contributed by atoms with van der Waals surface area (Å²) in [6.45, 7) is 4.15. The molecule has 0 aromatic heterocycles. The highest BCUT2D eigenvalue weighted by molar-refractivity contribution is 7.98. The third kappa shape index (κ3) is 9.10. The van der Waals surface area contributed by atoms with Gasteiger partial charge in [-0.1, -0.05) is 96.9 Å². The standard InChI is InChI=1S/C30H34Cl2N2O2S/c1-3-22(2)33-30(36)28(19-23-11-6-4-7-12-23)34(20-25-26(31)15-10-16-27(25)32)29(35)17-18-37-21-24-13-8-5-9-14-24/h4-16,22,28H,3,17-21H2,1-2H3,(H,33,36)/t22-,28-/m1/s1. The van der Waals surface area contributed by atoms with Gasteiger partial charge in [0.25, 0.3) is 0 Å². The lowest BCUT2D eigenvalue weighted by molar-refractivity contribution is -0.141. The van der Waals surface area contributed by atoms with E-state index >= 15 is 0 Å². The molecule has 3 aromatic carbocycles. The van der Waals surface area contributed by atoms with Crippen LogP contribution < -0.4 is 5.32 Å². The van der Waals surface area contributed by atoms with Crippen LogP contribution in [0.15, 0.2) is 78.9 Å². The van der Waals surface area contributed by atoms with Gasteiger partial charge in [0.05, 0.1) is 0 Å². The topological polar surface area (TPSA) is 49.4 Å². The minimum atomic E-state index is -0.699. The monoisotopic (exact) mass is 556 g/mol. The molecule has 2 amide bonds. The molecule has 196 valence electrons. The highest BCUT2D eigenvalue weighted by Gasteiger charge is 2.31. The number of halogens is 2. The number of amides is 2. The summed E-state index contributed by atoms with van der Waals surface area (Å²) < 4.78 is 0. The van der Waals surface area contributed by atoms with Crippen molar-refractivity contribution in [2.24, 2.45) is 0 Å². The number of hydrogen-bond donors (Lipinski definition) is 1. The first kappa shape index (κ1) is 29.1. The molecule has 2 atom stereocenters. The van der Waals surface area contributed by atoms with Crippen LogP contribution >= 0.6 is 35.0 Å². The molecule has 0 saturated heterocycles. The van der Waals surface area contributed by atoms with Gasteiger partial charge < -0.3 is 10.2 Å². The average Bonchev–Trinajstić information content (AvgIpc) is 2.91. The molecule has 0 spiro atoms. The number of rotatable bonds is 13. The van der Waals surface area contributed by atoms with Crippen LogP contribution in [0.3, 0.4) is 0 Å². The van der Waals surface area contributed by atoms with Crippen LogP contribution in [0.4, 0.5) is 0 Å². The van der Waals surface area contributed by atoms with Gasteiger partial charge in [0, 0.05) is 52.5 Å². The van der Waals surface area contributed by atoms with E-state index in [0.717, 1.165) is 17.7 Å². The molecule has 37 heavy (non-hydrogen) atoms. The molecule has 3 aromatic rings. The lowest BCUT2D eigenvalue weighted by Crippen LogP contribution is -2.52. The summed E-state index contributed by atoms with van der Waals surface area (Å²) in [5.41, 5.74) is 2.84. The lowest BCUT2D eigenvalue weighted by Gasteiger charge is -2.33. The molecule has 3 rings (SSSR count). The fraction of sp³-hybridized carbons (Fsp3) is 0.333. The van der Waals surface area contributed by atoms with Crippen LogP contribution in [0.1, 0.15) is 43.4 Å². The second-order valence-electron chi connectivity index (χ2n) is 9.03. The zero-order valence-electron chi connectivity index (χ0n) is 21.3. The second kappa shape index (κ2) is 15.1. The van der Waals surface area contributed by atoms with Gasteiger partial charge in [0.15, 0.2) is 0 Å².